The molecule has 0 aromatic heterocycles. The number of anilines is 1. The Morgan fingerprint density at radius 3 is 2.41 bits per heavy atom. The van der Waals surface area contributed by atoms with Crippen LogP contribution >= 0.6 is 0 Å². The highest BCUT2D eigenvalue weighted by molar-refractivity contribution is 6.04. The van der Waals surface area contributed by atoms with E-state index in [0.717, 1.165) is 11.3 Å². The highest BCUT2D eigenvalue weighted by Gasteiger charge is 2.06. The molecule has 2 rings (SSSR count). The molecular formula is C18H19NO3. The second kappa shape index (κ2) is 8.00. The summed E-state index contributed by atoms with van der Waals surface area (Å²) >= 11 is 0. The average Bonchev–Trinajstić information content (AvgIpc) is 2.55. The third-order valence-corrected chi connectivity index (χ3v) is 3.10. The number of hydrogen-bond acceptors (Lipinski definition) is 3. The number of amides is 1. The number of rotatable bonds is 7. The normalized spacial score (nSPS) is 10.0. The fraction of sp³-hybridized carbons (Fsp3) is 0.167. The van der Waals surface area contributed by atoms with Crippen molar-refractivity contribution < 1.29 is 14.6 Å². The Hall–Kier alpha value is -2.59. The summed E-state index contributed by atoms with van der Waals surface area (Å²) in [5.74, 6) is 0.523. The summed E-state index contributed by atoms with van der Waals surface area (Å²) in [5, 5.41) is 11.7. The quantitative estimate of drug-likeness (QED) is 0.772. The van der Waals surface area contributed by atoms with Gasteiger partial charge in [-0.25, -0.2) is 0 Å². The number of carbonyl (C=O) groups excluding carboxylic acids is 1. The third-order valence-electron chi connectivity index (χ3n) is 3.10. The molecule has 0 radical (unpaired) electrons. The molecule has 0 heterocycles. The summed E-state index contributed by atoms with van der Waals surface area (Å²) in [6.07, 6.45) is 2.28. The van der Waals surface area contributed by atoms with Gasteiger partial charge in [-0.2, -0.15) is 0 Å². The van der Waals surface area contributed by atoms with Gasteiger partial charge in [0.2, 0.25) is 0 Å². The van der Waals surface area contributed by atoms with Crippen LogP contribution in [0.25, 0.3) is 0 Å². The lowest BCUT2D eigenvalue weighted by atomic mass is 10.1. The van der Waals surface area contributed by atoms with E-state index >= 15 is 0 Å². The van der Waals surface area contributed by atoms with Crippen molar-refractivity contribution in [3.05, 3.63) is 72.3 Å². The predicted molar refractivity (Wildman–Crippen MR) is 87.3 cm³/mol. The lowest BCUT2D eigenvalue weighted by Crippen LogP contribution is -2.11. The summed E-state index contributed by atoms with van der Waals surface area (Å²) in [6.45, 7) is 4.14. The van der Waals surface area contributed by atoms with Crippen molar-refractivity contribution in [2.75, 3.05) is 18.5 Å². The minimum atomic E-state index is -0.176. The van der Waals surface area contributed by atoms with Crippen LogP contribution in [0, 0.1) is 0 Å². The van der Waals surface area contributed by atoms with Gasteiger partial charge in [0.1, 0.15) is 12.4 Å². The molecule has 0 aliphatic carbocycles. The van der Waals surface area contributed by atoms with Crippen LogP contribution in [0.15, 0.2) is 61.2 Å². The zero-order chi connectivity index (χ0) is 15.8. The van der Waals surface area contributed by atoms with Crippen molar-refractivity contribution in [2.45, 2.75) is 6.42 Å². The molecule has 0 aliphatic rings. The van der Waals surface area contributed by atoms with Gasteiger partial charge in [0.05, 0.1) is 0 Å². The lowest BCUT2D eigenvalue weighted by molar-refractivity contribution is 0.102. The van der Waals surface area contributed by atoms with Gasteiger partial charge in [-0.3, -0.25) is 4.79 Å². The zero-order valence-corrected chi connectivity index (χ0v) is 12.3. The maximum Gasteiger partial charge on any atom is 0.255 e. The van der Waals surface area contributed by atoms with Crippen molar-refractivity contribution in [1.82, 2.24) is 0 Å². The molecule has 0 bridgehead atoms. The van der Waals surface area contributed by atoms with E-state index in [1.165, 1.54) is 0 Å². The average molecular weight is 297 g/mol. The van der Waals surface area contributed by atoms with Crippen LogP contribution in [0.4, 0.5) is 5.69 Å². The van der Waals surface area contributed by atoms with E-state index < -0.39 is 0 Å². The minimum absolute atomic E-state index is 0.117. The molecule has 4 heteroatoms. The largest absolute Gasteiger partial charge is 0.490 e. The van der Waals surface area contributed by atoms with Gasteiger partial charge >= 0.3 is 0 Å². The minimum Gasteiger partial charge on any atom is -0.490 e. The second-order valence-electron chi connectivity index (χ2n) is 4.75. The number of hydrogen-bond donors (Lipinski definition) is 2. The van der Waals surface area contributed by atoms with Crippen LogP contribution in [-0.2, 0) is 6.42 Å². The molecule has 0 atom stereocenters. The molecule has 0 aliphatic heterocycles. The number of carbonyl (C=O) groups is 1. The Bertz CT molecular complexity index is 618. The molecule has 2 aromatic carbocycles. The van der Waals surface area contributed by atoms with Gasteiger partial charge in [0, 0.05) is 17.9 Å². The van der Waals surface area contributed by atoms with Crippen molar-refractivity contribution in [1.29, 1.82) is 0 Å². The molecule has 2 aromatic rings. The number of ether oxygens (including phenoxy) is 1. The Kier molecular flexibility index (Phi) is 5.74. The fourth-order valence-electron chi connectivity index (χ4n) is 1.94. The maximum absolute atomic E-state index is 12.1. The number of aliphatic hydroxyl groups excluding tert-OH is 1. The van der Waals surface area contributed by atoms with E-state index in [0.29, 0.717) is 24.3 Å². The summed E-state index contributed by atoms with van der Waals surface area (Å²) < 4.78 is 5.37. The monoisotopic (exact) mass is 297 g/mol. The molecule has 4 nitrogen and oxygen atoms in total. The van der Waals surface area contributed by atoms with Crippen LogP contribution in [0.3, 0.4) is 0 Å². The lowest BCUT2D eigenvalue weighted by Gasteiger charge is -2.07. The summed E-state index contributed by atoms with van der Waals surface area (Å²) in [6, 6.07) is 14.4. The Morgan fingerprint density at radius 1 is 1.14 bits per heavy atom. The molecule has 0 fully saturated rings. The summed E-state index contributed by atoms with van der Waals surface area (Å²) in [4.78, 5) is 12.1. The standard InChI is InChI=1S/C18H19NO3/c1-2-13-22-17-9-5-15(6-10-17)18(21)19-16-7-3-14(4-8-16)11-12-20/h2-10,20H,1,11-13H2,(H,19,21). The van der Waals surface area contributed by atoms with E-state index in [1.54, 1.807) is 30.3 Å². The summed E-state index contributed by atoms with van der Waals surface area (Å²) in [5.41, 5.74) is 2.31. The number of aliphatic hydroxyl groups is 1. The second-order valence-corrected chi connectivity index (χ2v) is 4.75. The van der Waals surface area contributed by atoms with Crippen molar-refractivity contribution in [2.24, 2.45) is 0 Å². The first-order valence-electron chi connectivity index (χ1n) is 7.08. The highest BCUT2D eigenvalue weighted by atomic mass is 16.5. The predicted octanol–water partition coefficient (Wildman–Crippen LogP) is 3.04. The molecule has 0 saturated carbocycles. The van der Waals surface area contributed by atoms with E-state index in [4.69, 9.17) is 9.84 Å². The van der Waals surface area contributed by atoms with Crippen LogP contribution in [0.2, 0.25) is 0 Å². The van der Waals surface area contributed by atoms with E-state index in [1.807, 2.05) is 24.3 Å². The van der Waals surface area contributed by atoms with Gasteiger partial charge in [0.25, 0.3) is 5.91 Å². The molecule has 0 saturated heterocycles. The third kappa shape index (κ3) is 4.46. The van der Waals surface area contributed by atoms with Gasteiger partial charge in [-0.15, -0.1) is 0 Å². The first kappa shape index (κ1) is 15.8. The smallest absolute Gasteiger partial charge is 0.255 e. The molecule has 2 N–H and O–H groups in total. The Labute approximate surface area is 130 Å². The Morgan fingerprint density at radius 2 is 1.82 bits per heavy atom. The van der Waals surface area contributed by atoms with Crippen LogP contribution < -0.4 is 10.1 Å². The van der Waals surface area contributed by atoms with Crippen molar-refractivity contribution >= 4 is 11.6 Å². The maximum atomic E-state index is 12.1. The van der Waals surface area contributed by atoms with Crippen molar-refractivity contribution in [3.63, 3.8) is 0 Å². The molecular weight excluding hydrogens is 278 g/mol. The van der Waals surface area contributed by atoms with Gasteiger partial charge < -0.3 is 15.2 Å². The molecule has 114 valence electrons. The number of nitrogens with one attached hydrogen (secondary N) is 1. The van der Waals surface area contributed by atoms with E-state index in [9.17, 15) is 4.79 Å². The van der Waals surface area contributed by atoms with Gasteiger partial charge in [0.15, 0.2) is 0 Å². The van der Waals surface area contributed by atoms with Gasteiger partial charge in [-0.1, -0.05) is 24.8 Å². The Balaban J connectivity index is 1.97. The summed E-state index contributed by atoms with van der Waals surface area (Å²) in [7, 11) is 0. The molecule has 22 heavy (non-hydrogen) atoms. The first-order chi connectivity index (χ1) is 10.7. The van der Waals surface area contributed by atoms with Crippen molar-refractivity contribution in [3.8, 4) is 5.75 Å². The SMILES string of the molecule is C=CCOc1ccc(C(=O)Nc2ccc(CCO)cc2)cc1. The first-order valence-corrected chi connectivity index (χ1v) is 7.08. The topological polar surface area (TPSA) is 58.6 Å². The highest BCUT2D eigenvalue weighted by Crippen LogP contribution is 2.15. The zero-order valence-electron chi connectivity index (χ0n) is 12.3. The van der Waals surface area contributed by atoms with E-state index in [-0.39, 0.29) is 12.5 Å². The van der Waals surface area contributed by atoms with Crippen LogP contribution in [0.5, 0.6) is 5.75 Å². The molecule has 1 amide bonds. The van der Waals surface area contributed by atoms with Crippen LogP contribution in [0.1, 0.15) is 15.9 Å². The fourth-order valence-corrected chi connectivity index (χ4v) is 1.94. The van der Waals surface area contributed by atoms with E-state index in [2.05, 4.69) is 11.9 Å². The molecule has 0 unspecified atom stereocenters. The number of benzene rings is 2. The van der Waals surface area contributed by atoms with Crippen LogP contribution in [-0.4, -0.2) is 24.2 Å². The molecule has 0 spiro atoms. The van der Waals surface area contributed by atoms with Gasteiger partial charge in [-0.05, 0) is 48.4 Å².